The number of nitrogens with one attached hydrogen (secondary N) is 1. The number of ether oxygens (including phenoxy) is 2. The number of hydrogen-bond donors (Lipinski definition) is 1. The zero-order valence-electron chi connectivity index (χ0n) is 16.2. The second kappa shape index (κ2) is 7.69. The van der Waals surface area contributed by atoms with E-state index in [0.29, 0.717) is 5.56 Å². The number of carbonyl (C=O) groups excluding carboxylic acids is 1. The first-order chi connectivity index (χ1) is 13.8. The number of rotatable bonds is 5. The van der Waals surface area contributed by atoms with E-state index in [1.807, 2.05) is 0 Å². The van der Waals surface area contributed by atoms with Crippen LogP contribution in [-0.4, -0.2) is 31.3 Å². The predicted octanol–water partition coefficient (Wildman–Crippen LogP) is 4.13. The van der Waals surface area contributed by atoms with E-state index in [1.54, 1.807) is 37.3 Å². The third-order valence-electron chi connectivity index (χ3n) is 5.05. The number of nitrogens with zero attached hydrogens (tertiary/aromatic N) is 1. The van der Waals surface area contributed by atoms with E-state index in [0.717, 1.165) is 17.3 Å². The molecule has 2 unspecified atom stereocenters. The van der Waals surface area contributed by atoms with Gasteiger partial charge in [-0.25, -0.2) is 5.01 Å². The summed E-state index contributed by atoms with van der Waals surface area (Å²) in [6.45, 7) is 1.66. The van der Waals surface area contributed by atoms with Gasteiger partial charge in [-0.1, -0.05) is 42.5 Å². The second-order valence-corrected chi connectivity index (χ2v) is 6.57. The smallest absolute Gasteiger partial charge is 0.410 e. The van der Waals surface area contributed by atoms with Crippen LogP contribution in [0.5, 0.6) is 11.5 Å². The summed E-state index contributed by atoms with van der Waals surface area (Å²) < 4.78 is 53.9. The first kappa shape index (κ1) is 20.6. The molecule has 0 bridgehead atoms. The topological polar surface area (TPSA) is 50.8 Å². The third-order valence-corrected chi connectivity index (χ3v) is 5.05. The largest absolute Gasteiger partial charge is 0.493 e. The number of alkyl halides is 3. The number of benzene rings is 2. The average Bonchev–Trinajstić information content (AvgIpc) is 2.72. The van der Waals surface area contributed by atoms with Crippen molar-refractivity contribution in [3.05, 3.63) is 71.9 Å². The van der Waals surface area contributed by atoms with E-state index in [4.69, 9.17) is 9.47 Å². The fraction of sp³-hybridized carbons (Fsp3) is 0.286. The molecule has 2 aromatic rings. The lowest BCUT2D eigenvalue weighted by molar-refractivity contribution is -0.195. The normalized spacial score (nSPS) is 20.2. The standard InChI is InChI=1S/C21H21F3N2O3/c1-14(15-8-5-4-6-9-15)26-19(27)20(12-13-25-26,21(22,23)24)16-10-7-11-17(28-2)18(16)29-3/h4-14,25H,1-3H3. The molecular weight excluding hydrogens is 385 g/mol. The molecule has 1 aliphatic heterocycles. The number of amides is 1. The number of hydrogen-bond acceptors (Lipinski definition) is 4. The van der Waals surface area contributed by atoms with Crippen LogP contribution in [0, 0.1) is 0 Å². The maximum absolute atomic E-state index is 14.5. The minimum Gasteiger partial charge on any atom is -0.493 e. The third kappa shape index (κ3) is 3.28. The first-order valence-electron chi connectivity index (χ1n) is 8.88. The highest BCUT2D eigenvalue weighted by atomic mass is 19.4. The van der Waals surface area contributed by atoms with Crippen LogP contribution in [0.4, 0.5) is 13.2 Å². The zero-order chi connectivity index (χ0) is 21.2. The minimum atomic E-state index is -4.92. The molecule has 1 aliphatic rings. The van der Waals surface area contributed by atoms with Crippen LogP contribution in [0.15, 0.2) is 60.8 Å². The van der Waals surface area contributed by atoms with Gasteiger partial charge in [0.15, 0.2) is 16.9 Å². The van der Waals surface area contributed by atoms with E-state index in [-0.39, 0.29) is 17.1 Å². The maximum atomic E-state index is 14.5. The summed E-state index contributed by atoms with van der Waals surface area (Å²) in [4.78, 5) is 13.4. The molecule has 1 N–H and O–H groups in total. The van der Waals surface area contributed by atoms with Crippen LogP contribution < -0.4 is 14.9 Å². The van der Waals surface area contributed by atoms with Crippen LogP contribution in [0.3, 0.4) is 0 Å². The Bertz CT molecular complexity index is 915. The zero-order valence-corrected chi connectivity index (χ0v) is 16.2. The van der Waals surface area contributed by atoms with E-state index >= 15 is 0 Å². The Hall–Kier alpha value is -3.16. The van der Waals surface area contributed by atoms with Gasteiger partial charge < -0.3 is 14.9 Å². The van der Waals surface area contributed by atoms with Crippen LogP contribution >= 0.6 is 0 Å². The maximum Gasteiger partial charge on any atom is 0.410 e. The van der Waals surface area contributed by atoms with Gasteiger partial charge in [-0.2, -0.15) is 13.2 Å². The van der Waals surface area contributed by atoms with Crippen molar-refractivity contribution < 1.29 is 27.4 Å². The Labute approximate surface area is 166 Å². The summed E-state index contributed by atoms with van der Waals surface area (Å²) >= 11 is 0. The van der Waals surface area contributed by atoms with Gasteiger partial charge in [0.2, 0.25) is 0 Å². The van der Waals surface area contributed by atoms with Crippen LogP contribution in [-0.2, 0) is 10.2 Å². The van der Waals surface area contributed by atoms with Gasteiger partial charge in [-0.3, -0.25) is 4.79 Å². The summed E-state index contributed by atoms with van der Waals surface area (Å²) in [6, 6.07) is 12.3. The van der Waals surface area contributed by atoms with Gasteiger partial charge in [0.25, 0.3) is 5.91 Å². The molecule has 0 aliphatic carbocycles. The average molecular weight is 406 g/mol. The molecule has 3 rings (SSSR count). The SMILES string of the molecule is COc1cccc(C2(C(F)(F)F)C=CNN(C(C)c3ccccc3)C2=O)c1OC. The molecule has 2 aromatic carbocycles. The van der Waals surface area contributed by atoms with E-state index in [9.17, 15) is 18.0 Å². The molecule has 29 heavy (non-hydrogen) atoms. The van der Waals surface area contributed by atoms with Gasteiger partial charge in [0, 0.05) is 11.8 Å². The van der Waals surface area contributed by atoms with Crippen molar-refractivity contribution in [1.29, 1.82) is 0 Å². The molecule has 0 spiro atoms. The number of carbonyl (C=O) groups is 1. The summed E-state index contributed by atoms with van der Waals surface area (Å²) in [6.07, 6.45) is -2.97. The highest BCUT2D eigenvalue weighted by Gasteiger charge is 2.64. The molecule has 1 amide bonds. The predicted molar refractivity (Wildman–Crippen MR) is 101 cm³/mol. The number of hydrazine groups is 1. The van der Waals surface area contributed by atoms with Crippen molar-refractivity contribution in [2.24, 2.45) is 0 Å². The lowest BCUT2D eigenvalue weighted by Crippen LogP contribution is -2.60. The summed E-state index contributed by atoms with van der Waals surface area (Å²) in [7, 11) is 2.57. The summed E-state index contributed by atoms with van der Waals surface area (Å²) in [5, 5.41) is 0.988. The molecule has 0 fully saturated rings. The molecule has 8 heteroatoms. The molecule has 154 valence electrons. The van der Waals surface area contributed by atoms with E-state index in [2.05, 4.69) is 5.43 Å². The van der Waals surface area contributed by atoms with Gasteiger partial charge in [-0.15, -0.1) is 0 Å². The molecule has 1 heterocycles. The Kier molecular flexibility index (Phi) is 5.46. The van der Waals surface area contributed by atoms with Gasteiger partial charge in [0.1, 0.15) is 0 Å². The van der Waals surface area contributed by atoms with E-state index in [1.165, 1.54) is 32.4 Å². The highest BCUT2D eigenvalue weighted by Crippen LogP contribution is 2.50. The Morgan fingerprint density at radius 1 is 1.03 bits per heavy atom. The molecule has 0 saturated heterocycles. The van der Waals surface area contributed by atoms with Gasteiger partial charge >= 0.3 is 6.18 Å². The van der Waals surface area contributed by atoms with Crippen molar-refractivity contribution in [3.8, 4) is 11.5 Å². The quantitative estimate of drug-likeness (QED) is 0.812. The van der Waals surface area contributed by atoms with Crippen LogP contribution in [0.25, 0.3) is 0 Å². The number of methoxy groups -OCH3 is 2. The van der Waals surface area contributed by atoms with Crippen molar-refractivity contribution in [2.75, 3.05) is 14.2 Å². The molecule has 2 atom stereocenters. The highest BCUT2D eigenvalue weighted by molar-refractivity contribution is 5.93. The van der Waals surface area contributed by atoms with Crippen LogP contribution in [0.2, 0.25) is 0 Å². The van der Waals surface area contributed by atoms with Crippen LogP contribution in [0.1, 0.15) is 24.1 Å². The monoisotopic (exact) mass is 406 g/mol. The van der Waals surface area contributed by atoms with Crippen molar-refractivity contribution in [2.45, 2.75) is 24.6 Å². The number of halogens is 3. The Balaban J connectivity index is 2.19. The molecule has 0 saturated carbocycles. The van der Waals surface area contributed by atoms with Crippen molar-refractivity contribution >= 4 is 5.91 Å². The summed E-state index contributed by atoms with van der Waals surface area (Å²) in [5.74, 6) is -1.19. The Morgan fingerprint density at radius 2 is 1.72 bits per heavy atom. The first-order valence-corrected chi connectivity index (χ1v) is 8.88. The van der Waals surface area contributed by atoms with E-state index < -0.39 is 23.5 Å². The van der Waals surface area contributed by atoms with Crippen molar-refractivity contribution in [1.82, 2.24) is 10.4 Å². The Morgan fingerprint density at radius 3 is 2.31 bits per heavy atom. The fourth-order valence-corrected chi connectivity index (χ4v) is 3.50. The second-order valence-electron chi connectivity index (χ2n) is 6.57. The molecule has 0 radical (unpaired) electrons. The van der Waals surface area contributed by atoms with Gasteiger partial charge in [-0.05, 0) is 24.6 Å². The lowest BCUT2D eigenvalue weighted by Gasteiger charge is -2.42. The fourth-order valence-electron chi connectivity index (χ4n) is 3.50. The van der Waals surface area contributed by atoms with Crippen molar-refractivity contribution in [3.63, 3.8) is 0 Å². The lowest BCUT2D eigenvalue weighted by atomic mass is 9.76. The molecule has 5 nitrogen and oxygen atoms in total. The van der Waals surface area contributed by atoms with Gasteiger partial charge in [0.05, 0.1) is 20.3 Å². The molecular formula is C21H21F3N2O3. The minimum absolute atomic E-state index is 0.107. The summed E-state index contributed by atoms with van der Waals surface area (Å²) in [5.41, 5.74) is 0.0901. The molecule has 0 aromatic heterocycles. The number of para-hydroxylation sites is 1.